The number of nitrogens with zero attached hydrogens (tertiary/aromatic N) is 2. The fourth-order valence-corrected chi connectivity index (χ4v) is 5.91. The van der Waals surface area contributed by atoms with Crippen molar-refractivity contribution < 1.29 is 32.7 Å². The average molecular weight is 660 g/mol. The Morgan fingerprint density at radius 2 is 1.73 bits per heavy atom. The Balaban J connectivity index is 1.32. The molecule has 0 atom stereocenters. The molecule has 3 heterocycles. The fraction of sp³-hybridized carbons (Fsp3) is 0.162. The van der Waals surface area contributed by atoms with E-state index in [1.54, 1.807) is 36.7 Å². The van der Waals surface area contributed by atoms with E-state index in [4.69, 9.17) is 24.6 Å². The number of carbonyl (C=O) groups excluding carboxylic acids is 3. The Hall–Kier alpha value is -6.30. The predicted octanol–water partition coefficient (Wildman–Crippen LogP) is 5.50. The van der Waals surface area contributed by atoms with Gasteiger partial charge in [0, 0.05) is 41.2 Å². The lowest BCUT2D eigenvalue weighted by atomic mass is 9.97. The number of nitrogens with two attached hydrogens (primary N) is 1. The van der Waals surface area contributed by atoms with E-state index >= 15 is 0 Å². The van der Waals surface area contributed by atoms with E-state index in [9.17, 15) is 18.8 Å². The van der Waals surface area contributed by atoms with Crippen LogP contribution in [0.2, 0.25) is 0 Å². The second-order valence-corrected chi connectivity index (χ2v) is 11.7. The first kappa shape index (κ1) is 31.3. The molecule has 1 fully saturated rings. The number of fused-ring (bicyclic) bond motifs is 2. The van der Waals surface area contributed by atoms with Crippen molar-refractivity contribution in [3.63, 3.8) is 0 Å². The van der Waals surface area contributed by atoms with Crippen LogP contribution >= 0.6 is 0 Å². The largest absolute Gasteiger partial charge is 0.496 e. The van der Waals surface area contributed by atoms with E-state index in [1.807, 2.05) is 18.2 Å². The molecule has 4 N–H and O–H groups in total. The quantitative estimate of drug-likeness (QED) is 0.174. The molecule has 1 saturated carbocycles. The average Bonchev–Trinajstić information content (AvgIpc) is 3.80. The molecule has 12 heteroatoms. The van der Waals surface area contributed by atoms with Gasteiger partial charge in [0.15, 0.2) is 6.61 Å². The zero-order valence-electron chi connectivity index (χ0n) is 26.5. The third kappa shape index (κ3) is 5.88. The van der Waals surface area contributed by atoms with Gasteiger partial charge < -0.3 is 30.3 Å². The molecule has 1 aliphatic rings. The molecule has 0 saturated heterocycles. The topological polar surface area (TPSA) is 159 Å². The minimum atomic E-state index is -0.698. The molecule has 1 aliphatic carbocycles. The number of halogens is 1. The summed E-state index contributed by atoms with van der Waals surface area (Å²) < 4.78 is 31.3. The number of methoxy groups -OCH3 is 1. The van der Waals surface area contributed by atoms with Gasteiger partial charge in [-0.05, 0) is 73.0 Å². The van der Waals surface area contributed by atoms with Crippen LogP contribution in [0.5, 0.6) is 11.5 Å². The minimum absolute atomic E-state index is 0.209. The van der Waals surface area contributed by atoms with Crippen LogP contribution < -0.4 is 25.8 Å². The van der Waals surface area contributed by atoms with Gasteiger partial charge >= 0.3 is 0 Å². The molecule has 246 valence electrons. The summed E-state index contributed by atoms with van der Waals surface area (Å²) in [4.78, 5) is 47.9. The summed E-state index contributed by atoms with van der Waals surface area (Å²) >= 11 is 0. The van der Waals surface area contributed by atoms with Crippen molar-refractivity contribution in [3.05, 3.63) is 108 Å². The van der Waals surface area contributed by atoms with Gasteiger partial charge in [0.2, 0.25) is 0 Å². The van der Waals surface area contributed by atoms with E-state index in [1.165, 1.54) is 44.5 Å². The summed E-state index contributed by atoms with van der Waals surface area (Å²) in [6, 6.07) is 19.7. The molecule has 7 rings (SSSR count). The van der Waals surface area contributed by atoms with Crippen molar-refractivity contribution in [1.29, 1.82) is 0 Å². The summed E-state index contributed by atoms with van der Waals surface area (Å²) in [7, 11) is 2.93. The van der Waals surface area contributed by atoms with Crippen molar-refractivity contribution in [3.8, 4) is 33.9 Å². The molecule has 49 heavy (non-hydrogen) atoms. The molecular formula is C37H30FN5O6. The third-order valence-corrected chi connectivity index (χ3v) is 8.56. The number of benzene rings is 3. The van der Waals surface area contributed by atoms with E-state index in [0.29, 0.717) is 40.5 Å². The number of furan rings is 1. The van der Waals surface area contributed by atoms with Crippen molar-refractivity contribution >= 4 is 39.6 Å². The first-order valence-corrected chi connectivity index (χ1v) is 15.4. The van der Waals surface area contributed by atoms with Gasteiger partial charge in [0.1, 0.15) is 28.7 Å². The summed E-state index contributed by atoms with van der Waals surface area (Å²) in [6.45, 7) is -0.431. The second kappa shape index (κ2) is 12.4. The first-order valence-electron chi connectivity index (χ1n) is 15.4. The molecule has 0 radical (unpaired) electrons. The third-order valence-electron chi connectivity index (χ3n) is 8.56. The number of hydrogen-bond donors (Lipinski definition) is 3. The molecule has 3 amide bonds. The van der Waals surface area contributed by atoms with Crippen LogP contribution in [0.4, 0.5) is 4.39 Å². The standard InChI is InChI=1S/C37H30FN5O6/c1-40-36(46)33-25-15-22(5-9-28(25)49-34(33)21-3-7-23(38)8-4-21)24-16-26(29(47-2)17-30(24)48-19-32(39)44)35(45)43-37(12-13-37)31-10-6-20-11-14-41-18-27(20)42-31/h3-11,14-18H,12-13,19H2,1-2H3,(H2,39,44)(H,40,46)(H,43,45). The Morgan fingerprint density at radius 3 is 2.45 bits per heavy atom. The number of hydrogen-bond acceptors (Lipinski definition) is 8. The van der Waals surface area contributed by atoms with Crippen LogP contribution in [0, 0.1) is 5.82 Å². The number of pyridine rings is 2. The van der Waals surface area contributed by atoms with Crippen molar-refractivity contribution in [2.75, 3.05) is 20.8 Å². The molecule has 0 aliphatic heterocycles. The summed E-state index contributed by atoms with van der Waals surface area (Å²) in [6.07, 6.45) is 4.78. The summed E-state index contributed by atoms with van der Waals surface area (Å²) in [5.41, 5.74) is 8.54. The SMILES string of the molecule is CNC(=O)c1c(-c2ccc(F)cc2)oc2ccc(-c3cc(C(=O)NC4(c5ccc6ccncc6n5)CC4)c(OC)cc3OCC(N)=O)cc12. The van der Waals surface area contributed by atoms with Crippen LogP contribution in [0.3, 0.4) is 0 Å². The molecule has 0 unspecified atom stereocenters. The number of amides is 3. The number of nitrogens with one attached hydrogen (secondary N) is 2. The summed E-state index contributed by atoms with van der Waals surface area (Å²) in [5, 5.41) is 7.22. The predicted molar refractivity (Wildman–Crippen MR) is 180 cm³/mol. The zero-order chi connectivity index (χ0) is 34.3. The number of carbonyl (C=O) groups is 3. The Kier molecular flexibility index (Phi) is 7.91. The van der Waals surface area contributed by atoms with Crippen LogP contribution in [0.25, 0.3) is 44.3 Å². The van der Waals surface area contributed by atoms with Crippen molar-refractivity contribution in [1.82, 2.24) is 20.6 Å². The lowest BCUT2D eigenvalue weighted by Crippen LogP contribution is -2.35. The van der Waals surface area contributed by atoms with Crippen molar-refractivity contribution in [2.45, 2.75) is 18.4 Å². The molecule has 3 aromatic carbocycles. The molecule has 3 aromatic heterocycles. The minimum Gasteiger partial charge on any atom is -0.496 e. The normalized spacial score (nSPS) is 13.2. The van der Waals surface area contributed by atoms with Gasteiger partial charge in [-0.2, -0.15) is 0 Å². The Bertz CT molecular complexity index is 2280. The molecule has 0 spiro atoms. The van der Waals surface area contributed by atoms with Gasteiger partial charge in [0.25, 0.3) is 17.7 Å². The van der Waals surface area contributed by atoms with Crippen molar-refractivity contribution in [2.24, 2.45) is 5.73 Å². The van der Waals surface area contributed by atoms with Crippen LogP contribution in [-0.2, 0) is 10.3 Å². The van der Waals surface area contributed by atoms with Gasteiger partial charge in [-0.1, -0.05) is 12.1 Å². The Labute approximate surface area is 279 Å². The van der Waals surface area contributed by atoms with Gasteiger partial charge in [0.05, 0.1) is 41.2 Å². The van der Waals surface area contributed by atoms with Crippen LogP contribution in [0.1, 0.15) is 39.3 Å². The highest BCUT2D eigenvalue weighted by Gasteiger charge is 2.47. The van der Waals surface area contributed by atoms with Crippen LogP contribution in [-0.4, -0.2) is 48.5 Å². The fourth-order valence-electron chi connectivity index (χ4n) is 5.91. The zero-order valence-corrected chi connectivity index (χ0v) is 26.5. The maximum absolute atomic E-state index is 14.0. The van der Waals surface area contributed by atoms with E-state index in [-0.39, 0.29) is 28.4 Å². The molecule has 6 aromatic rings. The van der Waals surface area contributed by atoms with E-state index in [0.717, 1.165) is 16.6 Å². The van der Waals surface area contributed by atoms with Crippen LogP contribution in [0.15, 0.2) is 89.6 Å². The lowest BCUT2D eigenvalue weighted by molar-refractivity contribution is -0.119. The molecule has 11 nitrogen and oxygen atoms in total. The van der Waals surface area contributed by atoms with Gasteiger partial charge in [-0.25, -0.2) is 9.37 Å². The number of ether oxygens (including phenoxy) is 2. The highest BCUT2D eigenvalue weighted by Crippen LogP contribution is 2.46. The number of rotatable bonds is 10. The molecule has 0 bridgehead atoms. The van der Waals surface area contributed by atoms with Gasteiger partial charge in [-0.15, -0.1) is 0 Å². The monoisotopic (exact) mass is 659 g/mol. The highest BCUT2D eigenvalue weighted by molar-refractivity contribution is 6.12. The number of aromatic nitrogens is 2. The number of primary amides is 1. The lowest BCUT2D eigenvalue weighted by Gasteiger charge is -2.20. The first-order chi connectivity index (χ1) is 23.7. The second-order valence-electron chi connectivity index (χ2n) is 11.7. The highest BCUT2D eigenvalue weighted by atomic mass is 19.1. The van der Waals surface area contributed by atoms with Gasteiger partial charge in [-0.3, -0.25) is 19.4 Å². The maximum Gasteiger partial charge on any atom is 0.255 e. The maximum atomic E-state index is 14.0. The van der Waals surface area contributed by atoms with E-state index < -0.39 is 35.7 Å². The molecular weight excluding hydrogens is 629 g/mol. The smallest absolute Gasteiger partial charge is 0.255 e. The Morgan fingerprint density at radius 1 is 0.959 bits per heavy atom. The summed E-state index contributed by atoms with van der Waals surface area (Å²) in [5.74, 6) is -1.25. The van der Waals surface area contributed by atoms with E-state index in [2.05, 4.69) is 15.6 Å².